The van der Waals surface area contributed by atoms with Gasteiger partial charge in [-0.2, -0.15) is 0 Å². The van der Waals surface area contributed by atoms with Gasteiger partial charge in [-0.05, 0) is 26.0 Å². The molecule has 5 nitrogen and oxygen atoms in total. The van der Waals surface area contributed by atoms with E-state index < -0.39 is 0 Å². The summed E-state index contributed by atoms with van der Waals surface area (Å²) in [5.41, 5.74) is 3.79. The molecule has 1 amide bonds. The average Bonchev–Trinajstić information content (AvgIpc) is 2.90. The molecule has 116 valence electrons. The zero-order chi connectivity index (χ0) is 16.4. The zero-order valence-corrected chi connectivity index (χ0v) is 13.9. The van der Waals surface area contributed by atoms with Crippen LogP contribution >= 0.6 is 11.3 Å². The molecule has 3 aromatic rings. The molecule has 3 rings (SSSR count). The van der Waals surface area contributed by atoms with E-state index in [-0.39, 0.29) is 5.91 Å². The summed E-state index contributed by atoms with van der Waals surface area (Å²) >= 11 is 1.42. The number of aromatic nitrogens is 3. The number of hydrogen-bond acceptors (Lipinski definition) is 5. The van der Waals surface area contributed by atoms with Crippen LogP contribution in [0.2, 0.25) is 0 Å². The van der Waals surface area contributed by atoms with Gasteiger partial charge in [-0.25, -0.2) is 15.0 Å². The molecule has 23 heavy (non-hydrogen) atoms. The van der Waals surface area contributed by atoms with Crippen molar-refractivity contribution in [2.24, 2.45) is 0 Å². The van der Waals surface area contributed by atoms with Gasteiger partial charge in [0.15, 0.2) is 5.13 Å². The number of carbonyl (C=O) groups excluding carboxylic acids is 1. The van der Waals surface area contributed by atoms with Crippen molar-refractivity contribution in [3.05, 3.63) is 47.9 Å². The molecule has 0 aliphatic carbocycles. The smallest absolute Gasteiger partial charge is 0.223 e. The summed E-state index contributed by atoms with van der Waals surface area (Å²) in [4.78, 5) is 25.5. The van der Waals surface area contributed by atoms with Crippen LogP contribution < -0.4 is 5.32 Å². The second kappa shape index (κ2) is 6.26. The van der Waals surface area contributed by atoms with Crippen molar-refractivity contribution in [1.29, 1.82) is 0 Å². The molecule has 1 N–H and O–H groups in total. The lowest BCUT2D eigenvalue weighted by Crippen LogP contribution is -2.04. The highest BCUT2D eigenvalue weighted by atomic mass is 32.1. The van der Waals surface area contributed by atoms with Gasteiger partial charge in [0.05, 0.1) is 16.3 Å². The normalized spacial score (nSPS) is 10.6. The van der Waals surface area contributed by atoms with E-state index in [1.54, 1.807) is 6.20 Å². The van der Waals surface area contributed by atoms with Gasteiger partial charge < -0.3 is 5.32 Å². The molecule has 2 heterocycles. The van der Waals surface area contributed by atoms with E-state index in [9.17, 15) is 4.79 Å². The molecule has 0 radical (unpaired) electrons. The first-order valence-corrected chi connectivity index (χ1v) is 8.00. The van der Waals surface area contributed by atoms with E-state index in [2.05, 4.69) is 26.3 Å². The van der Waals surface area contributed by atoms with Crippen molar-refractivity contribution in [1.82, 2.24) is 15.0 Å². The molecular weight excluding hydrogens is 308 g/mol. The Morgan fingerprint density at radius 3 is 2.70 bits per heavy atom. The molecule has 6 heteroatoms. The first kappa shape index (κ1) is 15.3. The SMILES string of the molecule is CC(=O)Nc1nc(-c2cccc(C)c2)c(-c2ccnc(C)n2)s1. The van der Waals surface area contributed by atoms with Crippen LogP contribution in [0.25, 0.3) is 21.8 Å². The Hall–Kier alpha value is -2.60. The number of anilines is 1. The number of amides is 1. The Kier molecular flexibility index (Phi) is 4.16. The van der Waals surface area contributed by atoms with Gasteiger partial charge in [-0.3, -0.25) is 4.79 Å². The Balaban J connectivity index is 2.16. The van der Waals surface area contributed by atoms with Crippen LogP contribution in [-0.2, 0) is 4.79 Å². The maximum absolute atomic E-state index is 11.3. The van der Waals surface area contributed by atoms with Gasteiger partial charge in [0.1, 0.15) is 5.82 Å². The van der Waals surface area contributed by atoms with Crippen molar-refractivity contribution in [2.75, 3.05) is 5.32 Å². The number of thiazole rings is 1. The fourth-order valence-electron chi connectivity index (χ4n) is 2.27. The van der Waals surface area contributed by atoms with E-state index >= 15 is 0 Å². The molecule has 0 aliphatic heterocycles. The summed E-state index contributed by atoms with van der Waals surface area (Å²) in [6.07, 6.45) is 1.73. The predicted molar refractivity (Wildman–Crippen MR) is 92.4 cm³/mol. The lowest BCUT2D eigenvalue weighted by molar-refractivity contribution is -0.114. The van der Waals surface area contributed by atoms with E-state index in [1.165, 1.54) is 18.3 Å². The molecule has 0 aliphatic rings. The van der Waals surface area contributed by atoms with Crippen molar-refractivity contribution in [3.63, 3.8) is 0 Å². The quantitative estimate of drug-likeness (QED) is 0.795. The molecule has 0 unspecified atom stereocenters. The topological polar surface area (TPSA) is 67.8 Å². The van der Waals surface area contributed by atoms with Gasteiger partial charge in [0.2, 0.25) is 5.91 Å². The summed E-state index contributed by atoms with van der Waals surface area (Å²) in [6.45, 7) is 5.37. The van der Waals surface area contributed by atoms with Gasteiger partial charge in [0.25, 0.3) is 0 Å². The summed E-state index contributed by atoms with van der Waals surface area (Å²) in [5, 5.41) is 3.33. The summed E-state index contributed by atoms with van der Waals surface area (Å²) in [7, 11) is 0. The minimum atomic E-state index is -0.139. The highest BCUT2D eigenvalue weighted by Gasteiger charge is 2.17. The zero-order valence-electron chi connectivity index (χ0n) is 13.1. The Labute approximate surface area is 138 Å². The Morgan fingerprint density at radius 1 is 1.17 bits per heavy atom. The van der Waals surface area contributed by atoms with Crippen LogP contribution in [0.4, 0.5) is 5.13 Å². The van der Waals surface area contributed by atoms with Crippen molar-refractivity contribution in [3.8, 4) is 21.8 Å². The molecule has 0 bridgehead atoms. The third-order valence-electron chi connectivity index (χ3n) is 3.21. The van der Waals surface area contributed by atoms with Gasteiger partial charge in [-0.1, -0.05) is 35.1 Å². The first-order chi connectivity index (χ1) is 11.0. The highest BCUT2D eigenvalue weighted by molar-refractivity contribution is 7.19. The highest BCUT2D eigenvalue weighted by Crippen LogP contribution is 2.38. The molecule has 0 fully saturated rings. The van der Waals surface area contributed by atoms with Gasteiger partial charge in [0, 0.05) is 18.7 Å². The van der Waals surface area contributed by atoms with Crippen LogP contribution in [0.5, 0.6) is 0 Å². The number of aryl methyl sites for hydroxylation is 2. The van der Waals surface area contributed by atoms with E-state index in [4.69, 9.17) is 0 Å². The fourth-order valence-corrected chi connectivity index (χ4v) is 3.27. The van der Waals surface area contributed by atoms with Crippen LogP contribution in [-0.4, -0.2) is 20.9 Å². The molecule has 0 atom stereocenters. The number of nitrogens with one attached hydrogen (secondary N) is 1. The third kappa shape index (κ3) is 3.43. The van der Waals surface area contributed by atoms with Crippen molar-refractivity contribution < 1.29 is 4.79 Å². The summed E-state index contributed by atoms with van der Waals surface area (Å²) in [5.74, 6) is 0.562. The third-order valence-corrected chi connectivity index (χ3v) is 4.20. The van der Waals surface area contributed by atoms with Gasteiger partial charge >= 0.3 is 0 Å². The number of benzene rings is 1. The maximum atomic E-state index is 11.3. The molecular formula is C17H16N4OS. The molecule has 0 spiro atoms. The maximum Gasteiger partial charge on any atom is 0.223 e. The number of carbonyl (C=O) groups is 1. The summed E-state index contributed by atoms with van der Waals surface area (Å²) in [6, 6.07) is 9.98. The second-order valence-electron chi connectivity index (χ2n) is 5.24. The monoisotopic (exact) mass is 324 g/mol. The first-order valence-electron chi connectivity index (χ1n) is 7.18. The number of nitrogens with zero attached hydrogens (tertiary/aromatic N) is 3. The van der Waals surface area contributed by atoms with Gasteiger partial charge in [-0.15, -0.1) is 0 Å². The number of hydrogen-bond donors (Lipinski definition) is 1. The van der Waals surface area contributed by atoms with E-state index in [0.717, 1.165) is 27.4 Å². The van der Waals surface area contributed by atoms with Crippen molar-refractivity contribution >= 4 is 22.4 Å². The minimum Gasteiger partial charge on any atom is -0.302 e. The molecule has 2 aromatic heterocycles. The van der Waals surface area contributed by atoms with Crippen molar-refractivity contribution in [2.45, 2.75) is 20.8 Å². The standard InChI is InChI=1S/C17H16N4OS/c1-10-5-4-6-13(9-10)15-16(14-7-8-18-11(2)19-14)23-17(21-15)20-12(3)22/h4-9H,1-3H3,(H,20,21,22). The lowest BCUT2D eigenvalue weighted by atomic mass is 10.1. The lowest BCUT2D eigenvalue weighted by Gasteiger charge is -2.03. The van der Waals surface area contributed by atoms with Crippen LogP contribution in [0.3, 0.4) is 0 Å². The largest absolute Gasteiger partial charge is 0.302 e. The number of rotatable bonds is 3. The minimum absolute atomic E-state index is 0.139. The predicted octanol–water partition coefficient (Wildman–Crippen LogP) is 3.84. The van der Waals surface area contributed by atoms with Crippen LogP contribution in [0.15, 0.2) is 36.5 Å². The fraction of sp³-hybridized carbons (Fsp3) is 0.176. The Morgan fingerprint density at radius 2 is 2.00 bits per heavy atom. The summed E-state index contributed by atoms with van der Waals surface area (Å²) < 4.78 is 0. The molecule has 0 saturated heterocycles. The molecule has 0 saturated carbocycles. The van der Waals surface area contributed by atoms with E-state index in [1.807, 2.05) is 38.1 Å². The average molecular weight is 324 g/mol. The van der Waals surface area contributed by atoms with Crippen LogP contribution in [0, 0.1) is 13.8 Å². The Bertz CT molecular complexity index is 810. The second-order valence-corrected chi connectivity index (χ2v) is 6.24. The van der Waals surface area contributed by atoms with Crippen LogP contribution in [0.1, 0.15) is 18.3 Å². The van der Waals surface area contributed by atoms with E-state index in [0.29, 0.717) is 11.0 Å². The molecule has 1 aromatic carbocycles.